The summed E-state index contributed by atoms with van der Waals surface area (Å²) in [6.45, 7) is 2.80. The number of carbonyl (C=O) groups excluding carboxylic acids is 2. The van der Waals surface area contributed by atoms with Crippen LogP contribution >= 0.6 is 0 Å². The second-order valence-electron chi connectivity index (χ2n) is 7.12. The SMILES string of the molecule is COC(=O)c1ccc(/C=C/C(=O)N2CCN(c3ccc4ccccc4n3)CC2)cc1. The molecule has 2 aromatic carbocycles. The van der Waals surface area contributed by atoms with Crippen LogP contribution in [0, 0.1) is 0 Å². The molecule has 0 aliphatic carbocycles. The Bertz CT molecular complexity index is 1080. The summed E-state index contributed by atoms with van der Waals surface area (Å²) in [5, 5.41) is 1.12. The van der Waals surface area contributed by atoms with E-state index in [9.17, 15) is 9.59 Å². The van der Waals surface area contributed by atoms with Gasteiger partial charge in [0.05, 0.1) is 18.2 Å². The van der Waals surface area contributed by atoms with Crippen molar-refractivity contribution < 1.29 is 14.3 Å². The number of benzene rings is 2. The second kappa shape index (κ2) is 8.78. The van der Waals surface area contributed by atoms with E-state index in [4.69, 9.17) is 4.98 Å². The third-order valence-corrected chi connectivity index (χ3v) is 5.25. The number of anilines is 1. The molecule has 6 nitrogen and oxygen atoms in total. The number of fused-ring (bicyclic) bond motifs is 1. The van der Waals surface area contributed by atoms with Crippen LogP contribution < -0.4 is 4.90 Å². The molecule has 4 rings (SSSR count). The number of rotatable bonds is 4. The maximum Gasteiger partial charge on any atom is 0.337 e. The van der Waals surface area contributed by atoms with Crippen LogP contribution in [0.2, 0.25) is 0 Å². The van der Waals surface area contributed by atoms with Gasteiger partial charge in [0.2, 0.25) is 5.91 Å². The van der Waals surface area contributed by atoms with Crippen molar-refractivity contribution in [3.8, 4) is 0 Å². The number of pyridine rings is 1. The molecular weight excluding hydrogens is 378 g/mol. The maximum absolute atomic E-state index is 12.5. The molecule has 0 radical (unpaired) electrons. The van der Waals surface area contributed by atoms with Crippen LogP contribution in [0.4, 0.5) is 5.82 Å². The van der Waals surface area contributed by atoms with Crippen molar-refractivity contribution in [3.63, 3.8) is 0 Å². The predicted octanol–water partition coefficient (Wildman–Crippen LogP) is 3.38. The highest BCUT2D eigenvalue weighted by Gasteiger charge is 2.20. The Morgan fingerprint density at radius 2 is 1.67 bits per heavy atom. The molecule has 1 aliphatic heterocycles. The number of hydrogen-bond donors (Lipinski definition) is 0. The Hall–Kier alpha value is -3.67. The highest BCUT2D eigenvalue weighted by molar-refractivity contribution is 5.92. The second-order valence-corrected chi connectivity index (χ2v) is 7.12. The number of aromatic nitrogens is 1. The normalized spacial score (nSPS) is 14.3. The molecule has 1 amide bonds. The molecule has 0 bridgehead atoms. The van der Waals surface area contributed by atoms with Gasteiger partial charge in [-0.1, -0.05) is 30.3 Å². The van der Waals surface area contributed by atoms with Gasteiger partial charge in [0, 0.05) is 37.6 Å². The molecule has 0 N–H and O–H groups in total. The van der Waals surface area contributed by atoms with Gasteiger partial charge >= 0.3 is 5.97 Å². The molecule has 1 saturated heterocycles. The maximum atomic E-state index is 12.5. The average molecular weight is 401 g/mol. The first kappa shape index (κ1) is 19.6. The number of esters is 1. The fraction of sp³-hybridized carbons (Fsp3) is 0.208. The van der Waals surface area contributed by atoms with Crippen molar-refractivity contribution in [1.29, 1.82) is 0 Å². The molecule has 1 fully saturated rings. The number of hydrogen-bond acceptors (Lipinski definition) is 5. The van der Waals surface area contributed by atoms with Crippen LogP contribution in [0.25, 0.3) is 17.0 Å². The molecule has 152 valence electrons. The van der Waals surface area contributed by atoms with Crippen LogP contribution in [-0.4, -0.2) is 55.0 Å². The van der Waals surface area contributed by atoms with Crippen LogP contribution in [0.15, 0.2) is 66.7 Å². The van der Waals surface area contributed by atoms with Crippen molar-refractivity contribution >= 4 is 34.7 Å². The quantitative estimate of drug-likeness (QED) is 0.495. The minimum atomic E-state index is -0.375. The molecule has 0 saturated carbocycles. The summed E-state index contributed by atoms with van der Waals surface area (Å²) in [7, 11) is 1.35. The summed E-state index contributed by atoms with van der Waals surface area (Å²) in [5.41, 5.74) is 2.32. The third-order valence-electron chi connectivity index (χ3n) is 5.25. The van der Waals surface area contributed by atoms with Crippen molar-refractivity contribution in [3.05, 3.63) is 77.9 Å². The van der Waals surface area contributed by atoms with Gasteiger partial charge in [-0.15, -0.1) is 0 Å². The van der Waals surface area contributed by atoms with E-state index >= 15 is 0 Å². The molecule has 0 atom stereocenters. The van der Waals surface area contributed by atoms with Crippen LogP contribution in [-0.2, 0) is 9.53 Å². The van der Waals surface area contributed by atoms with Gasteiger partial charge in [0.15, 0.2) is 0 Å². The summed E-state index contributed by atoms with van der Waals surface area (Å²) in [4.78, 5) is 32.8. The number of carbonyl (C=O) groups is 2. The standard InChI is InChI=1S/C24H23N3O3/c1-30-24(29)20-9-6-18(7-10-20)8-13-23(28)27-16-14-26(15-17-27)22-12-11-19-4-2-3-5-21(19)25-22/h2-13H,14-17H2,1H3/b13-8+. The zero-order valence-corrected chi connectivity index (χ0v) is 16.8. The average Bonchev–Trinajstić information content (AvgIpc) is 2.82. The van der Waals surface area contributed by atoms with E-state index in [1.165, 1.54) is 7.11 Å². The largest absolute Gasteiger partial charge is 0.465 e. The monoisotopic (exact) mass is 401 g/mol. The Labute approximate surface area is 175 Å². The number of nitrogens with zero attached hydrogens (tertiary/aromatic N) is 3. The van der Waals surface area contributed by atoms with Gasteiger partial charge in [-0.2, -0.15) is 0 Å². The highest BCUT2D eigenvalue weighted by atomic mass is 16.5. The van der Waals surface area contributed by atoms with Crippen LogP contribution in [0.5, 0.6) is 0 Å². The molecule has 0 spiro atoms. The summed E-state index contributed by atoms with van der Waals surface area (Å²) in [6, 6.07) is 19.1. The Kier molecular flexibility index (Phi) is 5.75. The van der Waals surface area contributed by atoms with Gasteiger partial charge < -0.3 is 14.5 Å². The summed E-state index contributed by atoms with van der Waals surface area (Å²) >= 11 is 0. The Balaban J connectivity index is 1.34. The van der Waals surface area contributed by atoms with E-state index in [2.05, 4.69) is 21.8 Å². The van der Waals surface area contributed by atoms with Crippen molar-refractivity contribution in [2.45, 2.75) is 0 Å². The van der Waals surface area contributed by atoms with Gasteiger partial charge in [0.1, 0.15) is 5.82 Å². The van der Waals surface area contributed by atoms with Gasteiger partial charge in [-0.25, -0.2) is 9.78 Å². The predicted molar refractivity (Wildman–Crippen MR) is 117 cm³/mol. The summed E-state index contributed by atoms with van der Waals surface area (Å²) in [5.74, 6) is 0.556. The van der Waals surface area contributed by atoms with Crippen molar-refractivity contribution in [2.24, 2.45) is 0 Å². The highest BCUT2D eigenvalue weighted by Crippen LogP contribution is 2.19. The molecule has 6 heteroatoms. The molecule has 2 heterocycles. The number of ether oxygens (including phenoxy) is 1. The van der Waals surface area contributed by atoms with Crippen LogP contribution in [0.1, 0.15) is 15.9 Å². The summed E-state index contributed by atoms with van der Waals surface area (Å²) in [6.07, 6.45) is 3.34. The number of methoxy groups -OCH3 is 1. The molecular formula is C24H23N3O3. The molecule has 30 heavy (non-hydrogen) atoms. The van der Waals surface area contributed by atoms with Gasteiger partial charge in [0.25, 0.3) is 0 Å². The fourth-order valence-corrected chi connectivity index (χ4v) is 3.51. The molecule has 3 aromatic rings. The minimum absolute atomic E-state index is 0.0156. The number of para-hydroxylation sites is 1. The van der Waals surface area contributed by atoms with Crippen LogP contribution in [0.3, 0.4) is 0 Å². The van der Waals surface area contributed by atoms with Crippen molar-refractivity contribution in [1.82, 2.24) is 9.88 Å². The van der Waals surface area contributed by atoms with E-state index in [-0.39, 0.29) is 11.9 Å². The lowest BCUT2D eigenvalue weighted by molar-refractivity contribution is -0.126. The first-order chi connectivity index (χ1) is 14.6. The minimum Gasteiger partial charge on any atom is -0.465 e. The molecule has 1 aromatic heterocycles. The van der Waals surface area contributed by atoms with E-state index in [0.717, 1.165) is 35.4 Å². The lowest BCUT2D eigenvalue weighted by Gasteiger charge is -2.35. The van der Waals surface area contributed by atoms with E-state index in [0.29, 0.717) is 18.7 Å². The molecule has 1 aliphatic rings. The lowest BCUT2D eigenvalue weighted by atomic mass is 10.1. The smallest absolute Gasteiger partial charge is 0.337 e. The number of amides is 1. The van der Waals surface area contributed by atoms with Gasteiger partial charge in [-0.05, 0) is 42.0 Å². The zero-order valence-electron chi connectivity index (χ0n) is 16.8. The Morgan fingerprint density at radius 1 is 0.933 bits per heavy atom. The summed E-state index contributed by atoms with van der Waals surface area (Å²) < 4.78 is 4.69. The Morgan fingerprint density at radius 3 is 2.40 bits per heavy atom. The molecule has 0 unspecified atom stereocenters. The first-order valence-electron chi connectivity index (χ1n) is 9.90. The van der Waals surface area contributed by atoms with Crippen molar-refractivity contribution in [2.75, 3.05) is 38.2 Å². The third kappa shape index (κ3) is 4.33. The topological polar surface area (TPSA) is 62.7 Å². The first-order valence-corrected chi connectivity index (χ1v) is 9.90. The number of piperazine rings is 1. The zero-order chi connectivity index (χ0) is 20.9. The lowest BCUT2D eigenvalue weighted by Crippen LogP contribution is -2.48. The fourth-order valence-electron chi connectivity index (χ4n) is 3.51. The van der Waals surface area contributed by atoms with E-state index in [1.54, 1.807) is 36.4 Å². The van der Waals surface area contributed by atoms with E-state index < -0.39 is 0 Å². The van der Waals surface area contributed by atoms with E-state index in [1.807, 2.05) is 29.2 Å². The van der Waals surface area contributed by atoms with Gasteiger partial charge in [-0.3, -0.25) is 4.79 Å².